The molecule has 5 heteroatoms. The fourth-order valence-corrected chi connectivity index (χ4v) is 2.21. The summed E-state index contributed by atoms with van der Waals surface area (Å²) in [5.41, 5.74) is 0.0959. The summed E-state index contributed by atoms with van der Waals surface area (Å²) in [6.07, 6.45) is 1.47. The Morgan fingerprint density at radius 3 is 2.94 bits per heavy atom. The number of H-pyrrole nitrogens is 1. The highest BCUT2D eigenvalue weighted by molar-refractivity contribution is 7.10. The minimum absolute atomic E-state index is 0.0539. The number of thiophene rings is 1. The Labute approximate surface area is 102 Å². The van der Waals surface area contributed by atoms with E-state index in [9.17, 15) is 9.59 Å². The maximum absolute atomic E-state index is 11.8. The average molecular weight is 248 g/mol. The van der Waals surface area contributed by atoms with Crippen molar-refractivity contribution < 1.29 is 4.79 Å². The van der Waals surface area contributed by atoms with Crippen LogP contribution in [0.2, 0.25) is 0 Å². The molecule has 4 nitrogen and oxygen atoms in total. The van der Waals surface area contributed by atoms with Gasteiger partial charge in [-0.25, -0.2) is 0 Å². The van der Waals surface area contributed by atoms with E-state index < -0.39 is 0 Å². The molecule has 2 rings (SSSR count). The van der Waals surface area contributed by atoms with Gasteiger partial charge >= 0.3 is 0 Å². The summed E-state index contributed by atoms with van der Waals surface area (Å²) in [6.45, 7) is 1.91. The number of amides is 1. The van der Waals surface area contributed by atoms with Gasteiger partial charge in [0.2, 0.25) is 5.56 Å². The van der Waals surface area contributed by atoms with Gasteiger partial charge in [-0.3, -0.25) is 9.59 Å². The Morgan fingerprint density at radius 1 is 1.47 bits per heavy atom. The third-order valence-corrected chi connectivity index (χ3v) is 3.41. The number of pyridine rings is 1. The van der Waals surface area contributed by atoms with Crippen molar-refractivity contribution in [2.24, 2.45) is 0 Å². The lowest BCUT2D eigenvalue weighted by Gasteiger charge is -2.11. The van der Waals surface area contributed by atoms with Crippen molar-refractivity contribution in [1.29, 1.82) is 0 Å². The monoisotopic (exact) mass is 248 g/mol. The molecule has 0 saturated carbocycles. The Morgan fingerprint density at radius 2 is 2.29 bits per heavy atom. The number of carbonyl (C=O) groups is 1. The lowest BCUT2D eigenvalue weighted by molar-refractivity contribution is 0.0940. The molecule has 0 radical (unpaired) electrons. The minimum Gasteiger partial charge on any atom is -0.345 e. The van der Waals surface area contributed by atoms with E-state index in [1.165, 1.54) is 12.3 Å². The number of rotatable bonds is 3. The first-order valence-corrected chi connectivity index (χ1v) is 6.08. The average Bonchev–Trinajstić information content (AvgIpc) is 2.82. The number of hydrogen-bond donors (Lipinski definition) is 2. The molecule has 0 fully saturated rings. The molecule has 0 aliphatic rings. The number of aromatic nitrogens is 1. The molecule has 88 valence electrons. The predicted molar refractivity (Wildman–Crippen MR) is 67.3 cm³/mol. The van der Waals surface area contributed by atoms with Gasteiger partial charge in [-0.05, 0) is 24.4 Å². The Bertz CT molecular complexity index is 560. The zero-order valence-electron chi connectivity index (χ0n) is 9.27. The van der Waals surface area contributed by atoms with E-state index in [4.69, 9.17) is 0 Å². The number of aromatic amines is 1. The molecule has 0 bridgehead atoms. The highest BCUT2D eigenvalue weighted by atomic mass is 32.1. The van der Waals surface area contributed by atoms with Gasteiger partial charge in [0, 0.05) is 22.7 Å². The van der Waals surface area contributed by atoms with E-state index >= 15 is 0 Å². The zero-order valence-corrected chi connectivity index (χ0v) is 10.1. The van der Waals surface area contributed by atoms with Crippen LogP contribution in [-0.2, 0) is 0 Å². The van der Waals surface area contributed by atoms with Crippen LogP contribution >= 0.6 is 11.3 Å². The highest BCUT2D eigenvalue weighted by Gasteiger charge is 2.12. The lowest BCUT2D eigenvalue weighted by atomic mass is 10.2. The maximum Gasteiger partial charge on any atom is 0.252 e. The third-order valence-electron chi connectivity index (χ3n) is 2.35. The highest BCUT2D eigenvalue weighted by Crippen LogP contribution is 2.18. The summed E-state index contributed by atoms with van der Waals surface area (Å²) >= 11 is 1.59. The van der Waals surface area contributed by atoms with Crippen LogP contribution in [-0.4, -0.2) is 10.9 Å². The molecule has 0 saturated heterocycles. The van der Waals surface area contributed by atoms with Crippen LogP contribution in [0, 0.1) is 0 Å². The Hall–Kier alpha value is -1.88. The normalized spacial score (nSPS) is 12.1. The van der Waals surface area contributed by atoms with Crippen LogP contribution in [0.15, 0.2) is 40.6 Å². The van der Waals surface area contributed by atoms with E-state index in [1.807, 2.05) is 24.4 Å². The number of nitrogens with one attached hydrogen (secondary N) is 2. The van der Waals surface area contributed by atoms with E-state index in [1.54, 1.807) is 17.4 Å². The quantitative estimate of drug-likeness (QED) is 0.871. The van der Waals surface area contributed by atoms with Gasteiger partial charge in [-0.1, -0.05) is 6.07 Å². The standard InChI is InChI=1S/C12H12N2O2S/c1-8(10-3-2-6-17-10)14-12(16)9-4-5-13-11(15)7-9/h2-8H,1H3,(H,13,15)(H,14,16). The molecule has 17 heavy (non-hydrogen) atoms. The largest absolute Gasteiger partial charge is 0.345 e. The van der Waals surface area contributed by atoms with Gasteiger partial charge in [0.05, 0.1) is 6.04 Å². The van der Waals surface area contributed by atoms with Crippen LogP contribution in [0.25, 0.3) is 0 Å². The minimum atomic E-state index is -0.276. The molecule has 2 aromatic rings. The number of hydrogen-bond acceptors (Lipinski definition) is 3. The molecule has 2 N–H and O–H groups in total. The van der Waals surface area contributed by atoms with Crippen LogP contribution in [0.1, 0.15) is 28.2 Å². The molecule has 0 aliphatic carbocycles. The first-order valence-electron chi connectivity index (χ1n) is 5.20. The maximum atomic E-state index is 11.8. The van der Waals surface area contributed by atoms with E-state index in [0.717, 1.165) is 4.88 Å². The van der Waals surface area contributed by atoms with E-state index in [-0.39, 0.29) is 17.5 Å². The molecule has 0 aliphatic heterocycles. The first-order chi connectivity index (χ1) is 8.16. The van der Waals surface area contributed by atoms with E-state index in [2.05, 4.69) is 10.3 Å². The lowest BCUT2D eigenvalue weighted by Crippen LogP contribution is -2.27. The van der Waals surface area contributed by atoms with Crippen molar-refractivity contribution in [1.82, 2.24) is 10.3 Å². The Balaban J connectivity index is 2.10. The topological polar surface area (TPSA) is 62.0 Å². The van der Waals surface area contributed by atoms with Crippen molar-refractivity contribution in [3.05, 3.63) is 56.6 Å². The van der Waals surface area contributed by atoms with Gasteiger partial charge in [-0.15, -0.1) is 11.3 Å². The van der Waals surface area contributed by atoms with Crippen LogP contribution in [0.5, 0.6) is 0 Å². The molecule has 1 atom stereocenters. The first kappa shape index (κ1) is 11.6. The summed E-state index contributed by atoms with van der Waals surface area (Å²) in [7, 11) is 0. The molecule has 2 aromatic heterocycles. The van der Waals surface area contributed by atoms with Crippen molar-refractivity contribution in [2.75, 3.05) is 0 Å². The predicted octanol–water partition coefficient (Wildman–Crippen LogP) is 1.93. The molecular weight excluding hydrogens is 236 g/mol. The van der Waals surface area contributed by atoms with Crippen molar-refractivity contribution in [3.63, 3.8) is 0 Å². The molecule has 1 amide bonds. The van der Waals surface area contributed by atoms with Crippen molar-refractivity contribution in [3.8, 4) is 0 Å². The second kappa shape index (κ2) is 4.97. The zero-order chi connectivity index (χ0) is 12.3. The molecule has 1 unspecified atom stereocenters. The number of carbonyl (C=O) groups excluding carboxylic acids is 1. The second-order valence-electron chi connectivity index (χ2n) is 3.65. The van der Waals surface area contributed by atoms with Crippen molar-refractivity contribution >= 4 is 17.2 Å². The van der Waals surface area contributed by atoms with Gasteiger partial charge in [0.1, 0.15) is 0 Å². The van der Waals surface area contributed by atoms with Gasteiger partial charge in [-0.2, -0.15) is 0 Å². The van der Waals surface area contributed by atoms with E-state index in [0.29, 0.717) is 5.56 Å². The fraction of sp³-hybridized carbons (Fsp3) is 0.167. The molecular formula is C12H12N2O2S. The summed E-state index contributed by atoms with van der Waals surface area (Å²) in [6, 6.07) is 6.72. The summed E-state index contributed by atoms with van der Waals surface area (Å²) < 4.78 is 0. The second-order valence-corrected chi connectivity index (χ2v) is 4.63. The van der Waals surface area contributed by atoms with Crippen LogP contribution in [0.3, 0.4) is 0 Å². The third kappa shape index (κ3) is 2.82. The van der Waals surface area contributed by atoms with Gasteiger partial charge in [0.15, 0.2) is 0 Å². The van der Waals surface area contributed by atoms with Crippen molar-refractivity contribution in [2.45, 2.75) is 13.0 Å². The Kier molecular flexibility index (Phi) is 3.39. The summed E-state index contributed by atoms with van der Waals surface area (Å²) in [5, 5.41) is 4.81. The molecule has 0 spiro atoms. The van der Waals surface area contributed by atoms with Crippen LogP contribution < -0.4 is 10.9 Å². The summed E-state index contributed by atoms with van der Waals surface area (Å²) in [5.74, 6) is -0.239. The SMILES string of the molecule is CC(NC(=O)c1cc[nH]c(=O)c1)c1cccs1. The fourth-order valence-electron chi connectivity index (χ4n) is 1.47. The van der Waals surface area contributed by atoms with Gasteiger partial charge in [0.25, 0.3) is 5.91 Å². The van der Waals surface area contributed by atoms with Gasteiger partial charge < -0.3 is 10.3 Å². The van der Waals surface area contributed by atoms with Crippen LogP contribution in [0.4, 0.5) is 0 Å². The smallest absolute Gasteiger partial charge is 0.252 e. The molecule has 2 heterocycles. The molecule has 0 aromatic carbocycles. The summed E-state index contributed by atoms with van der Waals surface area (Å²) in [4.78, 5) is 26.5.